The number of piperidine rings is 1. The van der Waals surface area contributed by atoms with Crippen LogP contribution in [-0.4, -0.2) is 47.8 Å². The lowest BCUT2D eigenvalue weighted by molar-refractivity contribution is 0.174. The number of nitrogens with one attached hydrogen (secondary N) is 1. The topological polar surface area (TPSA) is 78.6 Å². The molecule has 1 rings (SSSR count). The van der Waals surface area contributed by atoms with Gasteiger partial charge in [-0.25, -0.2) is 4.79 Å². The Morgan fingerprint density at radius 1 is 1.64 bits per heavy atom. The maximum atomic E-state index is 10.8. The van der Waals surface area contributed by atoms with Gasteiger partial charge in [0, 0.05) is 25.2 Å². The molecular weight excluding hydrogens is 182 g/mol. The number of aliphatic hydroxyl groups is 1. The summed E-state index contributed by atoms with van der Waals surface area (Å²) in [6.45, 7) is 3.52. The first kappa shape index (κ1) is 11.3. The Labute approximate surface area is 84.3 Å². The Morgan fingerprint density at radius 2 is 2.21 bits per heavy atom. The van der Waals surface area contributed by atoms with Crippen LogP contribution < -0.4 is 11.1 Å². The van der Waals surface area contributed by atoms with Gasteiger partial charge >= 0.3 is 6.03 Å². The predicted molar refractivity (Wildman–Crippen MR) is 53.9 cm³/mol. The number of primary amides is 1. The standard InChI is InChI=1S/C9H19N3O2/c1-7(6-13)11-8-2-4-12(5-3-8)9(10)14/h7-8,11,13H,2-6H2,1H3,(H2,10,14)/t7-/m1/s1. The molecule has 0 spiro atoms. The van der Waals surface area contributed by atoms with E-state index in [9.17, 15) is 4.79 Å². The molecule has 1 fully saturated rings. The van der Waals surface area contributed by atoms with Crippen molar-refractivity contribution in [2.45, 2.75) is 31.8 Å². The molecular formula is C9H19N3O2. The quantitative estimate of drug-likeness (QED) is 0.576. The molecule has 1 atom stereocenters. The van der Waals surface area contributed by atoms with Crippen molar-refractivity contribution >= 4 is 6.03 Å². The van der Waals surface area contributed by atoms with Crippen molar-refractivity contribution < 1.29 is 9.90 Å². The van der Waals surface area contributed by atoms with Crippen molar-refractivity contribution in [1.29, 1.82) is 0 Å². The molecule has 0 aromatic rings. The van der Waals surface area contributed by atoms with Gasteiger partial charge in [0.15, 0.2) is 0 Å². The normalized spacial score (nSPS) is 20.9. The number of rotatable bonds is 3. The third-order valence-electron chi connectivity index (χ3n) is 2.60. The molecule has 5 nitrogen and oxygen atoms in total. The van der Waals surface area contributed by atoms with Crippen LogP contribution in [0.25, 0.3) is 0 Å². The Morgan fingerprint density at radius 3 is 2.64 bits per heavy atom. The fourth-order valence-electron chi connectivity index (χ4n) is 1.72. The number of carbonyl (C=O) groups is 1. The molecule has 0 saturated carbocycles. The highest BCUT2D eigenvalue weighted by Crippen LogP contribution is 2.10. The second-order valence-electron chi connectivity index (χ2n) is 3.85. The molecule has 1 heterocycles. The Bertz CT molecular complexity index is 190. The van der Waals surface area contributed by atoms with Crippen LogP contribution >= 0.6 is 0 Å². The largest absolute Gasteiger partial charge is 0.395 e. The van der Waals surface area contributed by atoms with Crippen LogP contribution in [0.15, 0.2) is 0 Å². The van der Waals surface area contributed by atoms with Gasteiger partial charge in [-0.15, -0.1) is 0 Å². The lowest BCUT2D eigenvalue weighted by Gasteiger charge is -2.32. The summed E-state index contributed by atoms with van der Waals surface area (Å²) in [5.41, 5.74) is 5.17. The number of nitrogens with zero attached hydrogens (tertiary/aromatic N) is 1. The summed E-state index contributed by atoms with van der Waals surface area (Å²) in [4.78, 5) is 12.5. The van der Waals surface area contributed by atoms with Crippen LogP contribution in [0.5, 0.6) is 0 Å². The van der Waals surface area contributed by atoms with Gasteiger partial charge in [0.25, 0.3) is 0 Å². The van der Waals surface area contributed by atoms with Crippen LogP contribution in [0.3, 0.4) is 0 Å². The van der Waals surface area contributed by atoms with E-state index in [1.165, 1.54) is 0 Å². The van der Waals surface area contributed by atoms with Crippen LogP contribution in [0.1, 0.15) is 19.8 Å². The molecule has 2 amide bonds. The van der Waals surface area contributed by atoms with Crippen molar-refractivity contribution in [3.63, 3.8) is 0 Å². The Kier molecular flexibility index (Phi) is 4.16. The van der Waals surface area contributed by atoms with E-state index in [1.54, 1.807) is 4.90 Å². The third kappa shape index (κ3) is 3.16. The van der Waals surface area contributed by atoms with Gasteiger partial charge in [0.05, 0.1) is 6.61 Å². The van der Waals surface area contributed by atoms with E-state index < -0.39 is 0 Å². The molecule has 0 radical (unpaired) electrons. The highest BCUT2D eigenvalue weighted by Gasteiger charge is 2.21. The second kappa shape index (κ2) is 5.17. The molecule has 82 valence electrons. The zero-order valence-corrected chi connectivity index (χ0v) is 8.57. The molecule has 0 aliphatic carbocycles. The monoisotopic (exact) mass is 201 g/mol. The van der Waals surface area contributed by atoms with E-state index in [-0.39, 0.29) is 18.7 Å². The average Bonchev–Trinajstić information content (AvgIpc) is 2.18. The maximum absolute atomic E-state index is 10.8. The summed E-state index contributed by atoms with van der Waals surface area (Å²) < 4.78 is 0. The lowest BCUT2D eigenvalue weighted by Crippen LogP contribution is -2.49. The van der Waals surface area contributed by atoms with E-state index in [4.69, 9.17) is 10.8 Å². The highest BCUT2D eigenvalue weighted by molar-refractivity contribution is 5.72. The predicted octanol–water partition coefficient (Wildman–Crippen LogP) is -0.500. The number of hydrogen-bond donors (Lipinski definition) is 3. The number of carbonyl (C=O) groups excluding carboxylic acids is 1. The van der Waals surface area contributed by atoms with Crippen molar-refractivity contribution in [3.05, 3.63) is 0 Å². The molecule has 4 N–H and O–H groups in total. The Hall–Kier alpha value is -0.810. The summed E-state index contributed by atoms with van der Waals surface area (Å²) in [5, 5.41) is 12.2. The SMILES string of the molecule is C[C@H](CO)NC1CCN(C(N)=O)CC1. The first-order chi connectivity index (χ1) is 6.63. The van der Waals surface area contributed by atoms with Gasteiger partial charge in [-0.1, -0.05) is 0 Å². The summed E-state index contributed by atoms with van der Waals surface area (Å²) in [6.07, 6.45) is 1.82. The number of likely N-dealkylation sites (tertiary alicyclic amines) is 1. The van der Waals surface area contributed by atoms with Crippen LogP contribution in [-0.2, 0) is 0 Å². The highest BCUT2D eigenvalue weighted by atomic mass is 16.3. The minimum atomic E-state index is -0.335. The second-order valence-corrected chi connectivity index (χ2v) is 3.85. The first-order valence-corrected chi connectivity index (χ1v) is 5.04. The van der Waals surface area contributed by atoms with E-state index in [0.717, 1.165) is 12.8 Å². The number of amides is 2. The number of urea groups is 1. The average molecular weight is 201 g/mol. The van der Waals surface area contributed by atoms with Gasteiger partial charge < -0.3 is 21.1 Å². The first-order valence-electron chi connectivity index (χ1n) is 5.04. The summed E-state index contributed by atoms with van der Waals surface area (Å²) in [7, 11) is 0. The zero-order chi connectivity index (χ0) is 10.6. The van der Waals surface area contributed by atoms with Crippen molar-refractivity contribution in [2.24, 2.45) is 5.73 Å². The lowest BCUT2D eigenvalue weighted by atomic mass is 10.0. The molecule has 0 aromatic carbocycles. The van der Waals surface area contributed by atoms with Gasteiger partial charge in [-0.3, -0.25) is 0 Å². The fraction of sp³-hybridized carbons (Fsp3) is 0.889. The fourth-order valence-corrected chi connectivity index (χ4v) is 1.72. The number of aliphatic hydroxyl groups excluding tert-OH is 1. The molecule has 1 aliphatic heterocycles. The van der Waals surface area contributed by atoms with Crippen LogP contribution in [0, 0.1) is 0 Å². The van der Waals surface area contributed by atoms with Crippen LogP contribution in [0.4, 0.5) is 4.79 Å². The molecule has 1 aliphatic rings. The van der Waals surface area contributed by atoms with Gasteiger partial charge in [0.1, 0.15) is 0 Å². The number of nitrogens with two attached hydrogens (primary N) is 1. The molecule has 1 saturated heterocycles. The van der Waals surface area contributed by atoms with E-state index in [0.29, 0.717) is 19.1 Å². The molecule has 14 heavy (non-hydrogen) atoms. The van der Waals surface area contributed by atoms with Crippen LogP contribution in [0.2, 0.25) is 0 Å². The molecule has 0 unspecified atom stereocenters. The van der Waals surface area contributed by atoms with Gasteiger partial charge in [0.2, 0.25) is 0 Å². The number of hydrogen-bond acceptors (Lipinski definition) is 3. The van der Waals surface area contributed by atoms with Gasteiger partial charge in [-0.05, 0) is 19.8 Å². The molecule has 0 bridgehead atoms. The summed E-state index contributed by atoms with van der Waals surface area (Å²) in [6, 6.07) is 0.187. The van der Waals surface area contributed by atoms with Gasteiger partial charge in [-0.2, -0.15) is 0 Å². The van der Waals surface area contributed by atoms with E-state index >= 15 is 0 Å². The molecule has 0 aromatic heterocycles. The van der Waals surface area contributed by atoms with Crippen molar-refractivity contribution in [1.82, 2.24) is 10.2 Å². The maximum Gasteiger partial charge on any atom is 0.314 e. The minimum Gasteiger partial charge on any atom is -0.395 e. The zero-order valence-electron chi connectivity index (χ0n) is 8.57. The smallest absolute Gasteiger partial charge is 0.314 e. The van der Waals surface area contributed by atoms with Crippen molar-refractivity contribution in [3.8, 4) is 0 Å². The minimum absolute atomic E-state index is 0.125. The van der Waals surface area contributed by atoms with E-state index in [1.807, 2.05) is 6.92 Å². The molecule has 5 heteroatoms. The van der Waals surface area contributed by atoms with E-state index in [2.05, 4.69) is 5.32 Å². The summed E-state index contributed by atoms with van der Waals surface area (Å²) in [5.74, 6) is 0. The summed E-state index contributed by atoms with van der Waals surface area (Å²) >= 11 is 0. The van der Waals surface area contributed by atoms with Crippen molar-refractivity contribution in [2.75, 3.05) is 19.7 Å². The third-order valence-corrected chi connectivity index (χ3v) is 2.60. The Balaban J connectivity index is 2.25.